The minimum Gasteiger partial charge on any atom is -0.348 e. The van der Waals surface area contributed by atoms with Crippen molar-refractivity contribution < 1.29 is 9.59 Å². The van der Waals surface area contributed by atoms with Gasteiger partial charge in [-0.2, -0.15) is 0 Å². The topological polar surface area (TPSA) is 78.4 Å². The second-order valence-electron chi connectivity index (χ2n) is 8.66. The number of amides is 2. The predicted octanol–water partition coefficient (Wildman–Crippen LogP) is 3.88. The molecule has 2 amide bonds. The van der Waals surface area contributed by atoms with Gasteiger partial charge in [-0.05, 0) is 23.3 Å². The van der Waals surface area contributed by atoms with Gasteiger partial charge in [0.2, 0.25) is 0 Å². The second-order valence-corrected chi connectivity index (χ2v) is 9.55. The van der Waals surface area contributed by atoms with Gasteiger partial charge in [0.1, 0.15) is 0 Å². The average molecular weight is 498 g/mol. The van der Waals surface area contributed by atoms with Gasteiger partial charge in [0.15, 0.2) is 5.01 Å². The molecule has 7 nitrogen and oxygen atoms in total. The molecule has 1 saturated heterocycles. The van der Waals surface area contributed by atoms with Gasteiger partial charge in [0.05, 0.1) is 11.6 Å². The molecule has 0 bridgehead atoms. The lowest BCUT2D eigenvalue weighted by Gasteiger charge is -2.45. The quantitative estimate of drug-likeness (QED) is 0.419. The Hall–Kier alpha value is -3.88. The highest BCUT2D eigenvalue weighted by Crippen LogP contribution is 2.32. The van der Waals surface area contributed by atoms with Crippen molar-refractivity contribution in [3.8, 4) is 0 Å². The molecule has 182 valence electrons. The molecule has 36 heavy (non-hydrogen) atoms. The van der Waals surface area contributed by atoms with E-state index in [2.05, 4.69) is 44.5 Å². The highest BCUT2D eigenvalue weighted by molar-refractivity contribution is 7.11. The summed E-state index contributed by atoms with van der Waals surface area (Å²) in [5, 5.41) is 5.28. The number of aromatic nitrogens is 2. The summed E-state index contributed by atoms with van der Waals surface area (Å²) in [6.07, 6.45) is 4.89. The summed E-state index contributed by atoms with van der Waals surface area (Å²) in [4.78, 5) is 38.5. The van der Waals surface area contributed by atoms with Crippen LogP contribution in [0.2, 0.25) is 0 Å². The number of hydrogen-bond acceptors (Lipinski definition) is 6. The first-order valence-electron chi connectivity index (χ1n) is 11.9. The third kappa shape index (κ3) is 5.35. The molecule has 1 unspecified atom stereocenters. The van der Waals surface area contributed by atoms with Crippen LogP contribution in [-0.2, 0) is 0 Å². The minimum atomic E-state index is -0.198. The molecule has 2 aromatic carbocycles. The van der Waals surface area contributed by atoms with Crippen LogP contribution in [0.5, 0.6) is 0 Å². The molecule has 3 heterocycles. The second kappa shape index (κ2) is 11.2. The van der Waals surface area contributed by atoms with Crippen molar-refractivity contribution in [2.24, 2.45) is 0 Å². The number of nitrogens with one attached hydrogen (secondary N) is 1. The number of pyridine rings is 1. The van der Waals surface area contributed by atoms with E-state index in [9.17, 15) is 9.59 Å². The maximum atomic E-state index is 13.3. The van der Waals surface area contributed by atoms with Crippen molar-refractivity contribution in [3.05, 3.63) is 118 Å². The first-order valence-corrected chi connectivity index (χ1v) is 12.8. The molecule has 0 aliphatic carbocycles. The molecule has 1 fully saturated rings. The molecular formula is C28H27N5O2S. The van der Waals surface area contributed by atoms with Crippen molar-refractivity contribution in [3.63, 3.8) is 0 Å². The van der Waals surface area contributed by atoms with Gasteiger partial charge in [-0.25, -0.2) is 4.98 Å². The van der Waals surface area contributed by atoms with Crippen LogP contribution < -0.4 is 5.32 Å². The molecule has 0 saturated carbocycles. The van der Waals surface area contributed by atoms with E-state index in [0.29, 0.717) is 36.8 Å². The van der Waals surface area contributed by atoms with E-state index in [1.54, 1.807) is 36.1 Å². The number of thiazole rings is 1. The fourth-order valence-corrected chi connectivity index (χ4v) is 5.27. The van der Waals surface area contributed by atoms with Gasteiger partial charge < -0.3 is 10.2 Å². The summed E-state index contributed by atoms with van der Waals surface area (Å²) in [7, 11) is 0. The first kappa shape index (κ1) is 23.8. The zero-order chi connectivity index (χ0) is 24.7. The number of carbonyl (C=O) groups excluding carboxylic acids is 2. The zero-order valence-electron chi connectivity index (χ0n) is 19.7. The van der Waals surface area contributed by atoms with Crippen molar-refractivity contribution in [1.82, 2.24) is 25.1 Å². The molecule has 1 aliphatic rings. The van der Waals surface area contributed by atoms with Crippen molar-refractivity contribution in [1.29, 1.82) is 0 Å². The summed E-state index contributed by atoms with van der Waals surface area (Å²) in [6.45, 7) is 2.13. The molecule has 8 heteroatoms. The number of hydrogen-bond donors (Lipinski definition) is 1. The fourth-order valence-electron chi connectivity index (χ4n) is 4.72. The van der Waals surface area contributed by atoms with Crippen LogP contribution in [0.4, 0.5) is 0 Å². The smallest absolute Gasteiger partial charge is 0.280 e. The molecule has 0 radical (unpaired) electrons. The Bertz CT molecular complexity index is 1230. The van der Waals surface area contributed by atoms with E-state index in [0.717, 1.165) is 0 Å². The molecule has 1 N–H and O–H groups in total. The lowest BCUT2D eigenvalue weighted by Crippen LogP contribution is -2.59. The summed E-state index contributed by atoms with van der Waals surface area (Å²) < 4.78 is 0. The maximum Gasteiger partial charge on any atom is 0.280 e. The molecule has 2 aromatic heterocycles. The number of piperazine rings is 1. The van der Waals surface area contributed by atoms with Gasteiger partial charge in [0, 0.05) is 56.2 Å². The third-order valence-electron chi connectivity index (χ3n) is 6.41. The monoisotopic (exact) mass is 497 g/mol. The van der Waals surface area contributed by atoms with Crippen LogP contribution in [-0.4, -0.2) is 63.8 Å². The van der Waals surface area contributed by atoms with Gasteiger partial charge >= 0.3 is 0 Å². The van der Waals surface area contributed by atoms with Crippen molar-refractivity contribution >= 4 is 23.2 Å². The van der Waals surface area contributed by atoms with Crippen LogP contribution in [0.15, 0.2) is 96.8 Å². The molecule has 1 atom stereocenters. The zero-order valence-corrected chi connectivity index (χ0v) is 20.6. The van der Waals surface area contributed by atoms with E-state index in [1.807, 2.05) is 41.3 Å². The maximum absolute atomic E-state index is 13.3. The molecule has 5 rings (SSSR count). The van der Waals surface area contributed by atoms with Crippen molar-refractivity contribution in [2.45, 2.75) is 12.1 Å². The predicted molar refractivity (Wildman–Crippen MR) is 140 cm³/mol. The number of rotatable bonds is 7. The lowest BCUT2D eigenvalue weighted by atomic mass is 9.94. The van der Waals surface area contributed by atoms with E-state index in [1.165, 1.54) is 22.5 Å². The summed E-state index contributed by atoms with van der Waals surface area (Å²) >= 11 is 1.31. The van der Waals surface area contributed by atoms with Crippen LogP contribution in [0.25, 0.3) is 0 Å². The third-order valence-corrected chi connectivity index (χ3v) is 7.18. The number of nitrogens with zero attached hydrogens (tertiary/aromatic N) is 4. The molecule has 1 aliphatic heterocycles. The standard InChI is InChI=1S/C28H27N5O2S/c34-26(27-30-14-17-36-27)31-19-24-20-32(28(35)23-12-7-13-29-18-23)15-16-33(24)25(21-8-3-1-4-9-21)22-10-5-2-6-11-22/h1-14,17-18,24-25H,15-16,19-20H2,(H,31,34). The Kier molecular flexibility index (Phi) is 7.44. The van der Waals surface area contributed by atoms with Gasteiger partial charge in [-0.3, -0.25) is 19.5 Å². The highest BCUT2D eigenvalue weighted by atomic mass is 32.1. The highest BCUT2D eigenvalue weighted by Gasteiger charge is 2.35. The van der Waals surface area contributed by atoms with E-state index >= 15 is 0 Å². The number of benzene rings is 2. The van der Waals surface area contributed by atoms with E-state index in [-0.39, 0.29) is 23.9 Å². The van der Waals surface area contributed by atoms with Crippen LogP contribution in [0, 0.1) is 0 Å². The fraction of sp³-hybridized carbons (Fsp3) is 0.214. The van der Waals surface area contributed by atoms with Crippen LogP contribution in [0.1, 0.15) is 37.3 Å². The average Bonchev–Trinajstić information content (AvgIpc) is 3.49. The largest absolute Gasteiger partial charge is 0.348 e. The van der Waals surface area contributed by atoms with Gasteiger partial charge in [-0.15, -0.1) is 11.3 Å². The number of carbonyl (C=O) groups is 2. The Balaban J connectivity index is 1.44. The molecule has 0 spiro atoms. The van der Waals surface area contributed by atoms with E-state index < -0.39 is 0 Å². The van der Waals surface area contributed by atoms with Gasteiger partial charge in [0.25, 0.3) is 11.8 Å². The summed E-state index contributed by atoms with van der Waals surface area (Å²) in [5.74, 6) is -0.244. The minimum absolute atomic E-state index is 0.00944. The SMILES string of the molecule is O=C(NCC1CN(C(=O)c2cccnc2)CCN1C(c1ccccc1)c1ccccc1)c1nccs1. The first-order chi connectivity index (χ1) is 17.7. The van der Waals surface area contributed by atoms with Crippen molar-refractivity contribution in [2.75, 3.05) is 26.2 Å². The van der Waals surface area contributed by atoms with E-state index in [4.69, 9.17) is 0 Å². The van der Waals surface area contributed by atoms with Crippen LogP contribution in [0.3, 0.4) is 0 Å². The normalized spacial score (nSPS) is 16.1. The Labute approximate surface area is 214 Å². The Morgan fingerprint density at radius 2 is 1.67 bits per heavy atom. The summed E-state index contributed by atoms with van der Waals surface area (Å²) in [5.41, 5.74) is 2.91. The van der Waals surface area contributed by atoms with Gasteiger partial charge in [-0.1, -0.05) is 60.7 Å². The Morgan fingerprint density at radius 3 is 2.28 bits per heavy atom. The van der Waals surface area contributed by atoms with Crippen LogP contribution >= 0.6 is 11.3 Å². The molecule has 4 aromatic rings. The summed E-state index contributed by atoms with van der Waals surface area (Å²) in [6, 6.07) is 24.2. The molecular weight excluding hydrogens is 470 g/mol. The lowest BCUT2D eigenvalue weighted by molar-refractivity contribution is 0.0382. The Morgan fingerprint density at radius 1 is 0.944 bits per heavy atom.